The Morgan fingerprint density at radius 1 is 1.29 bits per heavy atom. The minimum atomic E-state index is -0.611. The summed E-state index contributed by atoms with van der Waals surface area (Å²) in [6.07, 6.45) is -0.611. The molecular formula is C11H22N2O. The highest BCUT2D eigenvalue weighted by Crippen LogP contribution is 2.12. The number of rotatable bonds is 2. The summed E-state index contributed by atoms with van der Waals surface area (Å²) in [7, 11) is 0. The van der Waals surface area contributed by atoms with Crippen molar-refractivity contribution in [2.45, 2.75) is 53.2 Å². The fraction of sp³-hybridized carbons (Fsp3) is 0.727. The zero-order valence-corrected chi connectivity index (χ0v) is 10.0. The molecule has 0 saturated heterocycles. The molecule has 14 heavy (non-hydrogen) atoms. The van der Waals surface area contributed by atoms with Crippen LogP contribution in [-0.4, -0.2) is 22.5 Å². The molecule has 1 atom stereocenters. The number of aliphatic imine (C=N–C) groups is 1. The summed E-state index contributed by atoms with van der Waals surface area (Å²) in [6.45, 7) is 11.5. The Balaban J connectivity index is 4.97. The fourth-order valence-corrected chi connectivity index (χ4v) is 1.11. The first-order valence-corrected chi connectivity index (χ1v) is 4.86. The third-order valence-electron chi connectivity index (χ3n) is 1.93. The van der Waals surface area contributed by atoms with Gasteiger partial charge in [-0.15, -0.1) is 0 Å². The zero-order chi connectivity index (χ0) is 11.5. The monoisotopic (exact) mass is 198 g/mol. The van der Waals surface area contributed by atoms with Crippen molar-refractivity contribution in [3.63, 3.8) is 0 Å². The molecule has 0 heterocycles. The molecule has 0 aliphatic heterocycles. The van der Waals surface area contributed by atoms with E-state index in [1.165, 1.54) is 0 Å². The van der Waals surface area contributed by atoms with Gasteiger partial charge in [0.15, 0.2) is 0 Å². The number of aliphatic hydroxyl groups excluding tert-OH is 1. The number of nitrogens with two attached hydrogens (primary N) is 1. The minimum absolute atomic E-state index is 0.107. The first kappa shape index (κ1) is 13.2. The molecule has 0 rings (SSSR count). The zero-order valence-electron chi connectivity index (χ0n) is 10.0. The molecule has 3 heteroatoms. The van der Waals surface area contributed by atoms with E-state index in [0.29, 0.717) is 5.70 Å². The molecule has 0 amide bonds. The van der Waals surface area contributed by atoms with Gasteiger partial charge in [0.2, 0.25) is 0 Å². The molecule has 0 aromatic rings. The summed E-state index contributed by atoms with van der Waals surface area (Å²) in [5, 5.41) is 9.30. The predicted octanol–water partition coefficient (Wildman–Crippen LogP) is 1.86. The van der Waals surface area contributed by atoms with Gasteiger partial charge in [0.1, 0.15) is 0 Å². The van der Waals surface area contributed by atoms with Crippen LogP contribution in [0.3, 0.4) is 0 Å². The number of allylic oxidation sites excluding steroid dienone is 1. The van der Waals surface area contributed by atoms with E-state index in [2.05, 4.69) is 4.99 Å². The second-order valence-electron chi connectivity index (χ2n) is 4.62. The lowest BCUT2D eigenvalue weighted by molar-refractivity contribution is 0.229. The molecule has 3 nitrogen and oxygen atoms in total. The van der Waals surface area contributed by atoms with E-state index in [4.69, 9.17) is 5.73 Å². The van der Waals surface area contributed by atoms with Crippen molar-refractivity contribution in [3.05, 3.63) is 11.3 Å². The molecule has 3 N–H and O–H groups in total. The summed E-state index contributed by atoms with van der Waals surface area (Å²) >= 11 is 0. The van der Waals surface area contributed by atoms with Crippen LogP contribution in [0, 0.1) is 0 Å². The van der Waals surface area contributed by atoms with Crippen molar-refractivity contribution >= 4 is 5.71 Å². The summed E-state index contributed by atoms with van der Waals surface area (Å²) in [6, 6.07) is 0. The second kappa shape index (κ2) is 4.60. The topological polar surface area (TPSA) is 58.6 Å². The van der Waals surface area contributed by atoms with Crippen LogP contribution < -0.4 is 5.73 Å². The molecule has 0 aliphatic carbocycles. The molecular weight excluding hydrogens is 176 g/mol. The van der Waals surface area contributed by atoms with Gasteiger partial charge in [-0.2, -0.15) is 0 Å². The van der Waals surface area contributed by atoms with Gasteiger partial charge in [-0.3, -0.25) is 4.99 Å². The van der Waals surface area contributed by atoms with E-state index in [-0.39, 0.29) is 5.54 Å². The van der Waals surface area contributed by atoms with Crippen LogP contribution >= 0.6 is 0 Å². The molecule has 0 aromatic heterocycles. The van der Waals surface area contributed by atoms with Crippen LogP contribution in [0.1, 0.15) is 41.5 Å². The molecule has 82 valence electrons. The fourth-order valence-electron chi connectivity index (χ4n) is 1.11. The molecule has 0 radical (unpaired) electrons. The van der Waals surface area contributed by atoms with Crippen LogP contribution in [0.4, 0.5) is 0 Å². The first-order valence-electron chi connectivity index (χ1n) is 4.86. The quantitative estimate of drug-likeness (QED) is 0.665. The van der Waals surface area contributed by atoms with Gasteiger partial charge in [0.05, 0.1) is 11.6 Å². The van der Waals surface area contributed by atoms with Crippen LogP contribution in [0.2, 0.25) is 0 Å². The predicted molar refractivity (Wildman–Crippen MR) is 61.4 cm³/mol. The Labute approximate surface area is 86.7 Å². The first-order chi connectivity index (χ1) is 6.15. The van der Waals surface area contributed by atoms with Crippen LogP contribution in [0.5, 0.6) is 0 Å². The Bertz CT molecular complexity index is 257. The number of aliphatic hydroxyl groups is 1. The molecule has 0 fully saturated rings. The maximum Gasteiger partial charge on any atom is 0.0907 e. The molecule has 0 aromatic carbocycles. The molecule has 0 bridgehead atoms. The van der Waals surface area contributed by atoms with Crippen molar-refractivity contribution in [2.75, 3.05) is 0 Å². The van der Waals surface area contributed by atoms with E-state index in [1.807, 2.05) is 34.6 Å². The highest BCUT2D eigenvalue weighted by Gasteiger charge is 2.11. The SMILES string of the molecule is CC(=NC(C)(C)C)C(C)=C(N)[C@H](C)O. The standard InChI is InChI=1S/C11H22N2O/c1-7(10(12)9(3)14)8(2)13-11(4,5)6/h9,14H,12H2,1-6H3/t9-/m0/s1. The average Bonchev–Trinajstić information content (AvgIpc) is 1.98. The Hall–Kier alpha value is -0.830. The summed E-state index contributed by atoms with van der Waals surface area (Å²) < 4.78 is 0. The molecule has 0 spiro atoms. The van der Waals surface area contributed by atoms with Gasteiger partial charge < -0.3 is 10.8 Å². The summed E-state index contributed by atoms with van der Waals surface area (Å²) in [5.74, 6) is 0. The normalized spacial score (nSPS) is 17.8. The van der Waals surface area contributed by atoms with Crippen molar-refractivity contribution in [1.29, 1.82) is 0 Å². The summed E-state index contributed by atoms with van der Waals surface area (Å²) in [5.41, 5.74) is 7.87. The number of nitrogens with zero attached hydrogens (tertiary/aromatic N) is 1. The van der Waals surface area contributed by atoms with Crippen molar-refractivity contribution in [3.8, 4) is 0 Å². The second-order valence-corrected chi connectivity index (χ2v) is 4.62. The number of hydrogen-bond acceptors (Lipinski definition) is 3. The van der Waals surface area contributed by atoms with Crippen LogP contribution in [0.25, 0.3) is 0 Å². The summed E-state index contributed by atoms with van der Waals surface area (Å²) in [4.78, 5) is 4.48. The van der Waals surface area contributed by atoms with E-state index in [0.717, 1.165) is 11.3 Å². The lowest BCUT2D eigenvalue weighted by Gasteiger charge is -2.16. The highest BCUT2D eigenvalue weighted by molar-refractivity contribution is 5.98. The Morgan fingerprint density at radius 3 is 2.00 bits per heavy atom. The van der Waals surface area contributed by atoms with E-state index < -0.39 is 6.10 Å². The maximum absolute atomic E-state index is 9.30. The highest BCUT2D eigenvalue weighted by atomic mass is 16.3. The lowest BCUT2D eigenvalue weighted by atomic mass is 10.1. The largest absolute Gasteiger partial charge is 0.400 e. The third-order valence-corrected chi connectivity index (χ3v) is 1.93. The lowest BCUT2D eigenvalue weighted by Crippen LogP contribution is -2.20. The Kier molecular flexibility index (Phi) is 4.33. The van der Waals surface area contributed by atoms with Gasteiger partial charge in [-0.1, -0.05) is 0 Å². The van der Waals surface area contributed by atoms with E-state index >= 15 is 0 Å². The van der Waals surface area contributed by atoms with Gasteiger partial charge in [-0.25, -0.2) is 0 Å². The van der Waals surface area contributed by atoms with Crippen molar-refractivity contribution < 1.29 is 5.11 Å². The maximum atomic E-state index is 9.30. The van der Waals surface area contributed by atoms with E-state index in [1.54, 1.807) is 6.92 Å². The van der Waals surface area contributed by atoms with Gasteiger partial charge in [0, 0.05) is 11.4 Å². The van der Waals surface area contributed by atoms with E-state index in [9.17, 15) is 5.11 Å². The molecule has 0 aliphatic rings. The smallest absolute Gasteiger partial charge is 0.0907 e. The van der Waals surface area contributed by atoms with Crippen LogP contribution in [0.15, 0.2) is 16.3 Å². The van der Waals surface area contributed by atoms with Gasteiger partial charge in [0.25, 0.3) is 0 Å². The van der Waals surface area contributed by atoms with Crippen molar-refractivity contribution in [1.82, 2.24) is 0 Å². The van der Waals surface area contributed by atoms with Crippen molar-refractivity contribution in [2.24, 2.45) is 10.7 Å². The van der Waals surface area contributed by atoms with Gasteiger partial charge in [-0.05, 0) is 47.1 Å². The molecule has 0 unspecified atom stereocenters. The minimum Gasteiger partial charge on any atom is -0.400 e. The van der Waals surface area contributed by atoms with Gasteiger partial charge >= 0.3 is 0 Å². The third kappa shape index (κ3) is 4.42. The van der Waals surface area contributed by atoms with Crippen LogP contribution in [-0.2, 0) is 0 Å². The molecule has 0 saturated carbocycles. The number of hydrogen-bond donors (Lipinski definition) is 2. The Morgan fingerprint density at radius 2 is 1.71 bits per heavy atom. The average molecular weight is 198 g/mol.